The molecule has 2 N–H and O–H groups in total. The average Bonchev–Trinajstić information content (AvgIpc) is 3.57. The van der Waals surface area contributed by atoms with E-state index in [4.69, 9.17) is 10.1 Å². The van der Waals surface area contributed by atoms with E-state index in [1.807, 2.05) is 4.90 Å². The molecule has 5 rings (SSSR count). The number of nitrogens with one attached hydrogen (secondary N) is 1. The van der Waals surface area contributed by atoms with Crippen LogP contribution in [0, 0.1) is 0 Å². The molecule has 1 saturated carbocycles. The Kier molecular flexibility index (Phi) is 7.36. The van der Waals surface area contributed by atoms with E-state index < -0.39 is 5.97 Å². The zero-order valence-electron chi connectivity index (χ0n) is 18.9. The van der Waals surface area contributed by atoms with Gasteiger partial charge in [-0.05, 0) is 56.1 Å². The van der Waals surface area contributed by atoms with E-state index >= 15 is 0 Å². The molecule has 0 aromatic carbocycles. The van der Waals surface area contributed by atoms with Gasteiger partial charge in [-0.3, -0.25) is 4.79 Å². The Hall–Kier alpha value is -3.23. The third-order valence-corrected chi connectivity index (χ3v) is 6.62. The molecule has 1 aliphatic carbocycles. The summed E-state index contributed by atoms with van der Waals surface area (Å²) in [7, 11) is 0. The van der Waals surface area contributed by atoms with Crippen LogP contribution in [-0.2, 0) is 16.6 Å². The van der Waals surface area contributed by atoms with Crippen LogP contribution in [0.2, 0.25) is 0 Å². The summed E-state index contributed by atoms with van der Waals surface area (Å²) in [5.41, 5.74) is 2.87. The lowest BCUT2D eigenvalue weighted by Gasteiger charge is -2.18. The molecule has 0 atom stereocenters. The first-order valence-electron chi connectivity index (χ1n) is 11.8. The maximum Gasteiger partial charge on any atom is 0.320 e. The van der Waals surface area contributed by atoms with Gasteiger partial charge in [-0.25, -0.2) is 19.7 Å². The number of carbonyl (C=O) groups excluding carboxylic acids is 1. The second kappa shape index (κ2) is 10.6. The van der Waals surface area contributed by atoms with Crippen molar-refractivity contribution in [2.45, 2.75) is 50.4 Å². The molecule has 9 heteroatoms. The second-order valence-electron chi connectivity index (χ2n) is 8.92. The van der Waals surface area contributed by atoms with Gasteiger partial charge in [0.1, 0.15) is 12.1 Å². The molecule has 0 bridgehead atoms. The van der Waals surface area contributed by atoms with Gasteiger partial charge in [-0.1, -0.05) is 6.07 Å². The number of urea groups is 1. The van der Waals surface area contributed by atoms with Crippen molar-refractivity contribution in [3.8, 4) is 0 Å². The highest BCUT2D eigenvalue weighted by Crippen LogP contribution is 2.54. The number of hydrogen-bond acceptors (Lipinski definition) is 6. The summed E-state index contributed by atoms with van der Waals surface area (Å²) in [4.78, 5) is 38.6. The van der Waals surface area contributed by atoms with Gasteiger partial charge < -0.3 is 20.2 Å². The molecule has 2 amide bonds. The summed E-state index contributed by atoms with van der Waals surface area (Å²) in [5.74, 6) is 0.205. The summed E-state index contributed by atoms with van der Waals surface area (Å²) < 4.78 is 0. The molecule has 2 aromatic rings. The SMILES string of the molecule is O=C(O)CCN1CCN(CCCc2ccc3c(n2)NCCCC32CC2)C1=O.c1cncnc1. The van der Waals surface area contributed by atoms with E-state index in [0.29, 0.717) is 31.6 Å². The quantitative estimate of drug-likeness (QED) is 0.664. The van der Waals surface area contributed by atoms with Gasteiger partial charge in [0.2, 0.25) is 0 Å². The number of pyridine rings is 1. The summed E-state index contributed by atoms with van der Waals surface area (Å²) in [5, 5.41) is 12.3. The highest BCUT2D eigenvalue weighted by Gasteiger charge is 2.46. The van der Waals surface area contributed by atoms with Gasteiger partial charge in [-0.15, -0.1) is 0 Å². The minimum Gasteiger partial charge on any atom is -0.481 e. The molecule has 2 aromatic heterocycles. The topological polar surface area (TPSA) is 112 Å². The first-order valence-corrected chi connectivity index (χ1v) is 11.8. The van der Waals surface area contributed by atoms with Gasteiger partial charge in [0.05, 0.1) is 6.42 Å². The number of carboxylic acid groups (broad SMARTS) is 1. The van der Waals surface area contributed by atoms with Crippen LogP contribution < -0.4 is 5.32 Å². The van der Waals surface area contributed by atoms with Crippen LogP contribution >= 0.6 is 0 Å². The summed E-state index contributed by atoms with van der Waals surface area (Å²) >= 11 is 0. The van der Waals surface area contributed by atoms with Crippen LogP contribution in [0.25, 0.3) is 0 Å². The Balaban J connectivity index is 0.000000376. The zero-order valence-corrected chi connectivity index (χ0v) is 18.9. The fraction of sp³-hybridized carbons (Fsp3) is 0.542. The van der Waals surface area contributed by atoms with Crippen LogP contribution in [0.4, 0.5) is 10.6 Å². The summed E-state index contributed by atoms with van der Waals surface area (Å²) in [6.45, 7) is 3.29. The zero-order chi connectivity index (χ0) is 23.1. The van der Waals surface area contributed by atoms with Crippen molar-refractivity contribution in [3.63, 3.8) is 0 Å². The molecule has 1 spiro atoms. The van der Waals surface area contributed by atoms with Crippen LogP contribution in [0.15, 0.2) is 36.9 Å². The largest absolute Gasteiger partial charge is 0.481 e. The van der Waals surface area contributed by atoms with Crippen molar-refractivity contribution in [3.05, 3.63) is 48.2 Å². The van der Waals surface area contributed by atoms with E-state index in [-0.39, 0.29) is 12.5 Å². The predicted octanol–water partition coefficient (Wildman–Crippen LogP) is 2.94. The first kappa shape index (κ1) is 22.9. The number of anilines is 1. The number of aryl methyl sites for hydroxylation is 1. The van der Waals surface area contributed by atoms with Gasteiger partial charge in [0.15, 0.2) is 0 Å². The molecule has 3 aliphatic rings. The standard InChI is InChI=1S/C20H28N4O3.C4H4N2/c25-17(26)6-12-24-14-13-23(19(24)27)11-1-3-15-4-5-16-18(22-15)21-10-2-7-20(16)8-9-20;1-2-5-4-6-3-1/h4-5H,1-3,6-14H2,(H,21,22)(H,25,26);1-4H. The Morgan fingerprint density at radius 1 is 1.09 bits per heavy atom. The molecule has 2 aliphatic heterocycles. The van der Waals surface area contributed by atoms with Crippen molar-refractivity contribution in [1.82, 2.24) is 24.8 Å². The number of aromatic nitrogens is 3. The maximum absolute atomic E-state index is 12.3. The number of amides is 2. The molecular formula is C24H32N6O3. The molecule has 2 fully saturated rings. The van der Waals surface area contributed by atoms with Gasteiger partial charge >= 0.3 is 12.0 Å². The summed E-state index contributed by atoms with van der Waals surface area (Å²) in [6.07, 6.45) is 11.7. The van der Waals surface area contributed by atoms with E-state index in [9.17, 15) is 9.59 Å². The van der Waals surface area contributed by atoms with Crippen LogP contribution in [0.5, 0.6) is 0 Å². The molecular weight excluding hydrogens is 420 g/mol. The average molecular weight is 453 g/mol. The number of carboxylic acids is 1. The van der Waals surface area contributed by atoms with Crippen LogP contribution in [-0.4, -0.2) is 74.6 Å². The van der Waals surface area contributed by atoms with Crippen LogP contribution in [0.3, 0.4) is 0 Å². The van der Waals surface area contributed by atoms with Crippen LogP contribution in [0.1, 0.15) is 49.8 Å². The molecule has 176 valence electrons. The lowest BCUT2D eigenvalue weighted by Crippen LogP contribution is -2.33. The number of hydrogen-bond donors (Lipinski definition) is 2. The van der Waals surface area contributed by atoms with Gasteiger partial charge in [0, 0.05) is 56.4 Å². The Bertz CT molecular complexity index is 924. The Labute approximate surface area is 194 Å². The lowest BCUT2D eigenvalue weighted by atomic mass is 9.92. The molecule has 1 saturated heterocycles. The number of rotatable bonds is 7. The minimum atomic E-state index is -0.864. The first-order chi connectivity index (χ1) is 16.1. The third kappa shape index (κ3) is 5.97. The smallest absolute Gasteiger partial charge is 0.320 e. The van der Waals surface area contributed by atoms with Crippen molar-refractivity contribution >= 4 is 17.8 Å². The van der Waals surface area contributed by atoms with E-state index in [1.165, 1.54) is 37.6 Å². The maximum atomic E-state index is 12.3. The third-order valence-electron chi connectivity index (χ3n) is 6.62. The molecule has 0 unspecified atom stereocenters. The minimum absolute atomic E-state index is 0.00706. The fourth-order valence-electron chi connectivity index (χ4n) is 4.62. The van der Waals surface area contributed by atoms with Gasteiger partial charge in [0.25, 0.3) is 0 Å². The Morgan fingerprint density at radius 2 is 1.85 bits per heavy atom. The Morgan fingerprint density at radius 3 is 2.48 bits per heavy atom. The van der Waals surface area contributed by atoms with Gasteiger partial charge in [-0.2, -0.15) is 0 Å². The number of carbonyl (C=O) groups is 2. The molecule has 9 nitrogen and oxygen atoms in total. The highest BCUT2D eigenvalue weighted by molar-refractivity contribution is 5.77. The number of nitrogens with zero attached hydrogens (tertiary/aromatic N) is 5. The van der Waals surface area contributed by atoms with E-state index in [1.54, 1.807) is 23.4 Å². The number of aliphatic carboxylic acids is 1. The van der Waals surface area contributed by atoms with E-state index in [2.05, 4.69) is 27.4 Å². The number of fused-ring (bicyclic) bond motifs is 2. The van der Waals surface area contributed by atoms with Crippen molar-refractivity contribution in [2.24, 2.45) is 0 Å². The highest BCUT2D eigenvalue weighted by atomic mass is 16.4. The summed E-state index contributed by atoms with van der Waals surface area (Å²) in [6, 6.07) is 6.15. The van der Waals surface area contributed by atoms with Crippen molar-refractivity contribution < 1.29 is 14.7 Å². The monoisotopic (exact) mass is 452 g/mol. The predicted molar refractivity (Wildman–Crippen MR) is 124 cm³/mol. The van der Waals surface area contributed by atoms with Crippen molar-refractivity contribution in [1.29, 1.82) is 0 Å². The molecule has 33 heavy (non-hydrogen) atoms. The second-order valence-corrected chi connectivity index (χ2v) is 8.92. The van der Waals surface area contributed by atoms with E-state index in [0.717, 1.165) is 30.9 Å². The lowest BCUT2D eigenvalue weighted by molar-refractivity contribution is -0.137. The molecule has 0 radical (unpaired) electrons. The normalized spacial score (nSPS) is 18.1. The fourth-order valence-corrected chi connectivity index (χ4v) is 4.62. The molecule has 4 heterocycles. The van der Waals surface area contributed by atoms with Crippen molar-refractivity contribution in [2.75, 3.05) is 38.0 Å².